The van der Waals surface area contributed by atoms with Crippen LogP contribution in [0.2, 0.25) is 0 Å². The highest BCUT2D eigenvalue weighted by molar-refractivity contribution is 5.82. The van der Waals surface area contributed by atoms with Crippen molar-refractivity contribution in [3.8, 4) is 5.88 Å². The van der Waals surface area contributed by atoms with Crippen LogP contribution in [0.1, 0.15) is 69.8 Å². The summed E-state index contributed by atoms with van der Waals surface area (Å²) in [6.07, 6.45) is 7.01. The van der Waals surface area contributed by atoms with Gasteiger partial charge in [0.1, 0.15) is 11.8 Å². The van der Waals surface area contributed by atoms with Crippen molar-refractivity contribution in [1.29, 1.82) is 0 Å². The first-order valence-electron chi connectivity index (χ1n) is 11.3. The van der Waals surface area contributed by atoms with Gasteiger partial charge in [-0.25, -0.2) is 14.8 Å². The number of aromatic nitrogens is 2. The summed E-state index contributed by atoms with van der Waals surface area (Å²) in [5.41, 5.74) is 1.48. The van der Waals surface area contributed by atoms with Crippen LogP contribution in [-0.2, 0) is 20.7 Å². The second kappa shape index (κ2) is 11.3. The summed E-state index contributed by atoms with van der Waals surface area (Å²) in [7, 11) is 1.34. The van der Waals surface area contributed by atoms with E-state index < -0.39 is 6.09 Å². The predicted molar refractivity (Wildman–Crippen MR) is 114 cm³/mol. The molecule has 2 amide bonds. The van der Waals surface area contributed by atoms with Crippen LogP contribution in [0.3, 0.4) is 0 Å². The summed E-state index contributed by atoms with van der Waals surface area (Å²) in [6, 6.07) is 0.0507. The van der Waals surface area contributed by atoms with Crippen LogP contribution >= 0.6 is 0 Å². The lowest BCUT2D eigenvalue weighted by molar-refractivity contribution is -0.149. The van der Waals surface area contributed by atoms with Crippen molar-refractivity contribution in [2.24, 2.45) is 0 Å². The minimum atomic E-state index is -0.456. The summed E-state index contributed by atoms with van der Waals surface area (Å²) in [4.78, 5) is 35.7. The molecule has 0 unspecified atom stereocenters. The van der Waals surface area contributed by atoms with Crippen LogP contribution in [0.15, 0.2) is 6.20 Å². The van der Waals surface area contributed by atoms with Crippen molar-refractivity contribution < 1.29 is 23.8 Å². The Morgan fingerprint density at radius 3 is 2.77 bits per heavy atom. The summed E-state index contributed by atoms with van der Waals surface area (Å²) >= 11 is 0. The average Bonchev–Trinajstić information content (AvgIpc) is 3.63. The van der Waals surface area contributed by atoms with Crippen LogP contribution < -0.4 is 10.1 Å². The Kier molecular flexibility index (Phi) is 8.45. The first-order chi connectivity index (χ1) is 15.0. The summed E-state index contributed by atoms with van der Waals surface area (Å²) in [6.45, 7) is 5.51. The first-order valence-corrected chi connectivity index (χ1v) is 11.3. The standard InChI is InChI=1S/C22H34N4O5/c1-4-30-20-17(8-7-12-23-22(28)29-3)25-18(14-24-20)15(2)26(16-10-11-16)21(27)19-9-5-6-13-31-19/h14-16,19H,4-13H2,1-3H3,(H,23,28)/t15-,19-/m1/s1. The van der Waals surface area contributed by atoms with Crippen molar-refractivity contribution >= 4 is 12.0 Å². The number of alkyl carbamates (subject to hydrolysis) is 1. The second-order valence-electron chi connectivity index (χ2n) is 8.01. The Morgan fingerprint density at radius 2 is 2.13 bits per heavy atom. The van der Waals surface area contributed by atoms with Crippen LogP contribution in [0.4, 0.5) is 4.79 Å². The van der Waals surface area contributed by atoms with Crippen molar-refractivity contribution in [3.63, 3.8) is 0 Å². The van der Waals surface area contributed by atoms with Gasteiger partial charge in [-0.3, -0.25) is 4.79 Å². The lowest BCUT2D eigenvalue weighted by atomic mass is 10.1. The van der Waals surface area contributed by atoms with Gasteiger partial charge in [0.2, 0.25) is 5.88 Å². The number of hydrogen-bond acceptors (Lipinski definition) is 7. The molecular formula is C22H34N4O5. The average molecular weight is 435 g/mol. The van der Waals surface area contributed by atoms with Gasteiger partial charge in [-0.05, 0) is 58.8 Å². The molecule has 31 heavy (non-hydrogen) atoms. The lowest BCUT2D eigenvalue weighted by Crippen LogP contribution is -2.44. The third-order valence-corrected chi connectivity index (χ3v) is 5.65. The monoisotopic (exact) mass is 434 g/mol. The van der Waals surface area contributed by atoms with Gasteiger partial charge >= 0.3 is 6.09 Å². The van der Waals surface area contributed by atoms with Gasteiger partial charge in [0.25, 0.3) is 5.91 Å². The van der Waals surface area contributed by atoms with E-state index in [1.807, 2.05) is 18.7 Å². The number of rotatable bonds is 10. The van der Waals surface area contributed by atoms with E-state index in [-0.39, 0.29) is 24.1 Å². The quantitative estimate of drug-likeness (QED) is 0.565. The van der Waals surface area contributed by atoms with Crippen molar-refractivity contribution in [3.05, 3.63) is 17.6 Å². The zero-order valence-corrected chi connectivity index (χ0v) is 18.8. The van der Waals surface area contributed by atoms with E-state index in [1.165, 1.54) is 7.11 Å². The van der Waals surface area contributed by atoms with Gasteiger partial charge in [0.15, 0.2) is 0 Å². The van der Waals surface area contributed by atoms with E-state index in [0.717, 1.165) is 43.5 Å². The molecule has 2 heterocycles. The maximum atomic E-state index is 13.2. The molecular weight excluding hydrogens is 400 g/mol. The number of methoxy groups -OCH3 is 1. The minimum Gasteiger partial charge on any atom is -0.477 e. The highest BCUT2D eigenvalue weighted by Crippen LogP contribution is 2.36. The fourth-order valence-corrected chi connectivity index (χ4v) is 3.86. The van der Waals surface area contributed by atoms with Gasteiger partial charge in [-0.15, -0.1) is 0 Å². The molecule has 1 aliphatic heterocycles. The molecule has 0 spiro atoms. The molecule has 0 bridgehead atoms. The number of carbonyl (C=O) groups is 2. The molecule has 1 aromatic heterocycles. The largest absolute Gasteiger partial charge is 0.477 e. The zero-order valence-electron chi connectivity index (χ0n) is 18.8. The number of hydrogen-bond donors (Lipinski definition) is 1. The van der Waals surface area contributed by atoms with Crippen LogP contribution in [0.25, 0.3) is 0 Å². The third-order valence-electron chi connectivity index (χ3n) is 5.65. The molecule has 0 aromatic carbocycles. The molecule has 0 radical (unpaired) electrons. The zero-order chi connectivity index (χ0) is 22.2. The summed E-state index contributed by atoms with van der Waals surface area (Å²) in [5, 5.41) is 2.67. The molecule has 1 saturated carbocycles. The van der Waals surface area contributed by atoms with Crippen molar-refractivity contribution in [2.45, 2.75) is 77.0 Å². The SMILES string of the molecule is CCOc1ncc([C@@H](C)N(C(=O)[C@H]2CCCCO2)C2CC2)nc1CCCNC(=O)OC. The van der Waals surface area contributed by atoms with E-state index in [9.17, 15) is 9.59 Å². The summed E-state index contributed by atoms with van der Waals surface area (Å²) < 4.78 is 16.0. The van der Waals surface area contributed by atoms with E-state index in [2.05, 4.69) is 15.0 Å². The molecule has 9 nitrogen and oxygen atoms in total. The van der Waals surface area contributed by atoms with Gasteiger partial charge in [0, 0.05) is 19.2 Å². The number of ether oxygens (including phenoxy) is 3. The minimum absolute atomic E-state index is 0.0641. The second-order valence-corrected chi connectivity index (χ2v) is 8.01. The third kappa shape index (κ3) is 6.29. The van der Waals surface area contributed by atoms with E-state index in [4.69, 9.17) is 14.5 Å². The maximum absolute atomic E-state index is 13.2. The number of carbonyl (C=O) groups excluding carboxylic acids is 2. The summed E-state index contributed by atoms with van der Waals surface area (Å²) in [5.74, 6) is 0.561. The lowest BCUT2D eigenvalue weighted by Gasteiger charge is -2.33. The highest BCUT2D eigenvalue weighted by atomic mass is 16.5. The molecule has 1 aliphatic carbocycles. The van der Waals surface area contributed by atoms with Crippen molar-refractivity contribution in [2.75, 3.05) is 26.9 Å². The van der Waals surface area contributed by atoms with Gasteiger partial charge in [-0.2, -0.15) is 0 Å². The Labute approximate surface area is 183 Å². The van der Waals surface area contributed by atoms with Gasteiger partial charge < -0.3 is 24.4 Å². The van der Waals surface area contributed by atoms with Gasteiger partial charge in [-0.1, -0.05) is 0 Å². The Bertz CT molecular complexity index is 749. The van der Waals surface area contributed by atoms with Crippen LogP contribution in [0, 0.1) is 0 Å². The van der Waals surface area contributed by atoms with Crippen molar-refractivity contribution in [1.82, 2.24) is 20.2 Å². The maximum Gasteiger partial charge on any atom is 0.406 e. The molecule has 1 saturated heterocycles. The van der Waals surface area contributed by atoms with Crippen LogP contribution in [-0.4, -0.2) is 65.9 Å². The molecule has 1 N–H and O–H groups in total. The Balaban J connectivity index is 1.72. The first kappa shape index (κ1) is 23.2. The number of nitrogens with zero attached hydrogens (tertiary/aromatic N) is 3. The predicted octanol–water partition coefficient (Wildman–Crippen LogP) is 2.79. The molecule has 2 fully saturated rings. The fraction of sp³-hybridized carbons (Fsp3) is 0.727. The molecule has 2 atom stereocenters. The Hall–Kier alpha value is -2.42. The van der Waals surface area contributed by atoms with E-state index in [0.29, 0.717) is 38.5 Å². The van der Waals surface area contributed by atoms with Crippen LogP contribution in [0.5, 0.6) is 5.88 Å². The highest BCUT2D eigenvalue weighted by Gasteiger charge is 2.40. The molecule has 9 heteroatoms. The molecule has 1 aromatic rings. The molecule has 2 aliphatic rings. The van der Waals surface area contributed by atoms with E-state index in [1.54, 1.807) is 6.20 Å². The smallest absolute Gasteiger partial charge is 0.406 e. The topological polar surface area (TPSA) is 103 Å². The van der Waals surface area contributed by atoms with Gasteiger partial charge in [0.05, 0.1) is 31.6 Å². The number of amides is 2. The number of aryl methyl sites for hydroxylation is 1. The molecule has 172 valence electrons. The normalized spacial score (nSPS) is 19.4. The number of nitrogens with one attached hydrogen (secondary N) is 1. The fourth-order valence-electron chi connectivity index (χ4n) is 3.86. The van der Waals surface area contributed by atoms with E-state index >= 15 is 0 Å². The Morgan fingerprint density at radius 1 is 1.32 bits per heavy atom. The molecule has 3 rings (SSSR count).